The van der Waals surface area contributed by atoms with E-state index in [1.54, 1.807) is 6.07 Å². The maximum Gasteiger partial charge on any atom is 0.334 e. The van der Waals surface area contributed by atoms with Crippen molar-refractivity contribution in [2.45, 2.75) is 82.4 Å². The fourth-order valence-electron chi connectivity index (χ4n) is 7.26. The molecule has 204 valence electrons. The van der Waals surface area contributed by atoms with E-state index < -0.39 is 78.2 Å². The van der Waals surface area contributed by atoms with Gasteiger partial charge in [-0.3, -0.25) is 4.79 Å². The fourth-order valence-corrected chi connectivity index (χ4v) is 7.26. The number of aliphatic hydroxyl groups is 4. The van der Waals surface area contributed by atoms with Gasteiger partial charge in [0.1, 0.15) is 30.5 Å². The second-order valence-corrected chi connectivity index (χ2v) is 11.1. The molecule has 0 amide bonds. The molecule has 1 aromatic heterocycles. The molecule has 11 atom stereocenters. The van der Waals surface area contributed by atoms with Gasteiger partial charge in [-0.2, -0.15) is 0 Å². The highest BCUT2D eigenvalue weighted by atomic mass is 16.7. The van der Waals surface area contributed by atoms with Gasteiger partial charge < -0.3 is 44.2 Å². The summed E-state index contributed by atoms with van der Waals surface area (Å²) >= 11 is 0. The van der Waals surface area contributed by atoms with Crippen molar-refractivity contribution in [3.63, 3.8) is 0 Å². The summed E-state index contributed by atoms with van der Waals surface area (Å²) in [6.07, 6.45) is -2.31. The molecule has 5 N–H and O–H groups in total. The number of esters is 1. The van der Waals surface area contributed by atoms with Gasteiger partial charge in [-0.05, 0) is 43.1 Å². The topological polar surface area (TPSA) is 176 Å². The van der Waals surface area contributed by atoms with Crippen LogP contribution in [0.1, 0.15) is 51.2 Å². The molecule has 0 radical (unpaired) electrons. The smallest absolute Gasteiger partial charge is 0.334 e. The van der Waals surface area contributed by atoms with Crippen LogP contribution in [-0.4, -0.2) is 80.9 Å². The second kappa shape index (κ2) is 9.48. The predicted molar refractivity (Wildman–Crippen MR) is 124 cm³/mol. The van der Waals surface area contributed by atoms with Gasteiger partial charge in [0, 0.05) is 16.6 Å². The Labute approximate surface area is 213 Å². The van der Waals surface area contributed by atoms with Gasteiger partial charge in [0.05, 0.1) is 31.2 Å². The van der Waals surface area contributed by atoms with E-state index in [1.165, 1.54) is 12.5 Å². The van der Waals surface area contributed by atoms with Crippen molar-refractivity contribution in [3.05, 3.63) is 35.8 Å². The number of hydrogen-bond acceptors (Lipinski definition) is 10. The molecule has 0 aromatic carbocycles. The number of allylic oxidation sites excluding steroid dienone is 1. The van der Waals surface area contributed by atoms with Crippen LogP contribution in [0.15, 0.2) is 34.7 Å². The molecule has 11 unspecified atom stereocenters. The third kappa shape index (κ3) is 4.03. The van der Waals surface area contributed by atoms with E-state index >= 15 is 0 Å². The molecule has 2 aliphatic carbocycles. The zero-order chi connectivity index (χ0) is 26.7. The zero-order valence-corrected chi connectivity index (χ0v) is 20.7. The standard InChI is InChI=1S/C26H34O11/c1-25(14(22(31)32)8-18-26(2)13(23(33)37-18)4-3-5-17(25)26)9-15(12-6-7-34-11-12)35-24-21(30)20(29)19(28)16(10-27)36-24/h4,6-7,11,14-21,24,27-30H,3,5,8-10H2,1-2H3,(H,31,32). The van der Waals surface area contributed by atoms with Crippen molar-refractivity contribution >= 4 is 11.9 Å². The Kier molecular flexibility index (Phi) is 6.74. The van der Waals surface area contributed by atoms with E-state index in [1.807, 2.05) is 19.9 Å². The molecule has 3 heterocycles. The molecule has 1 aromatic rings. The van der Waals surface area contributed by atoms with Crippen LogP contribution >= 0.6 is 0 Å². The molecule has 0 bridgehead atoms. The summed E-state index contributed by atoms with van der Waals surface area (Å²) in [5, 5.41) is 50.9. The molecule has 37 heavy (non-hydrogen) atoms. The minimum Gasteiger partial charge on any atom is -0.481 e. The Morgan fingerprint density at radius 3 is 2.62 bits per heavy atom. The fraction of sp³-hybridized carbons (Fsp3) is 0.692. The first-order chi connectivity index (χ1) is 17.5. The maximum absolute atomic E-state index is 12.7. The summed E-state index contributed by atoms with van der Waals surface area (Å²) in [6.45, 7) is 3.26. The molecule has 2 aliphatic heterocycles. The monoisotopic (exact) mass is 522 g/mol. The average Bonchev–Trinajstić information content (AvgIpc) is 3.48. The van der Waals surface area contributed by atoms with Crippen molar-refractivity contribution in [3.8, 4) is 0 Å². The summed E-state index contributed by atoms with van der Waals surface area (Å²) in [5.74, 6) is -2.47. The largest absolute Gasteiger partial charge is 0.481 e. The van der Waals surface area contributed by atoms with Gasteiger partial charge in [0.15, 0.2) is 6.29 Å². The molecule has 4 aliphatic rings. The highest BCUT2D eigenvalue weighted by molar-refractivity contribution is 5.93. The lowest BCUT2D eigenvalue weighted by Crippen LogP contribution is -2.60. The minimum atomic E-state index is -1.62. The molecular weight excluding hydrogens is 488 g/mol. The van der Waals surface area contributed by atoms with Gasteiger partial charge >= 0.3 is 11.9 Å². The number of furan rings is 1. The zero-order valence-electron chi connectivity index (χ0n) is 20.7. The lowest BCUT2D eigenvalue weighted by Gasteiger charge is -2.57. The molecule has 0 spiro atoms. The first-order valence-corrected chi connectivity index (χ1v) is 12.6. The van der Waals surface area contributed by atoms with E-state index in [9.17, 15) is 35.1 Å². The summed E-state index contributed by atoms with van der Waals surface area (Å²) < 4.78 is 22.7. The highest BCUT2D eigenvalue weighted by Crippen LogP contribution is 2.66. The summed E-state index contributed by atoms with van der Waals surface area (Å²) in [5.41, 5.74) is -0.362. The van der Waals surface area contributed by atoms with Gasteiger partial charge in [-0.25, -0.2) is 4.79 Å². The number of aliphatic carboxylic acids is 1. The number of ether oxygens (including phenoxy) is 3. The second-order valence-electron chi connectivity index (χ2n) is 11.1. The van der Waals surface area contributed by atoms with Gasteiger partial charge in [0.2, 0.25) is 0 Å². The van der Waals surface area contributed by atoms with Gasteiger partial charge in [-0.15, -0.1) is 0 Å². The number of carboxylic acid groups (broad SMARTS) is 1. The predicted octanol–water partition coefficient (Wildman–Crippen LogP) is 0.906. The van der Waals surface area contributed by atoms with Crippen molar-refractivity contribution < 1.29 is 53.7 Å². The molecular formula is C26H34O11. The van der Waals surface area contributed by atoms with E-state index in [0.29, 0.717) is 24.0 Å². The molecule has 11 heteroatoms. The first kappa shape index (κ1) is 26.3. The SMILES string of the molecule is CC1(CC(OC2OC(CO)C(O)C(O)C2O)c2ccoc2)C(C(=O)O)CC2OC(=O)C3=CCCC1C32C. The molecule has 5 rings (SSSR count). The van der Waals surface area contributed by atoms with Crippen LogP contribution in [-0.2, 0) is 23.8 Å². The Bertz CT molecular complexity index is 1050. The highest BCUT2D eigenvalue weighted by Gasteiger charge is 2.67. The first-order valence-electron chi connectivity index (χ1n) is 12.6. The van der Waals surface area contributed by atoms with Crippen LogP contribution < -0.4 is 0 Å². The minimum absolute atomic E-state index is 0.153. The van der Waals surface area contributed by atoms with Crippen LogP contribution in [0.3, 0.4) is 0 Å². The molecule has 2 saturated heterocycles. The Balaban J connectivity index is 1.50. The Morgan fingerprint density at radius 2 is 1.97 bits per heavy atom. The quantitative estimate of drug-likeness (QED) is 0.322. The van der Waals surface area contributed by atoms with Crippen LogP contribution in [0.2, 0.25) is 0 Å². The number of aliphatic hydroxyl groups excluding tert-OH is 4. The average molecular weight is 523 g/mol. The molecule has 3 fully saturated rings. The van der Waals surface area contributed by atoms with Crippen molar-refractivity contribution in [1.82, 2.24) is 0 Å². The third-order valence-electron chi connectivity index (χ3n) is 9.27. The normalized spacial score (nSPS) is 44.1. The summed E-state index contributed by atoms with van der Waals surface area (Å²) in [7, 11) is 0. The molecule has 11 nitrogen and oxygen atoms in total. The number of carbonyl (C=O) groups is 2. The van der Waals surface area contributed by atoms with Gasteiger partial charge in [0.25, 0.3) is 0 Å². The number of carboxylic acids is 1. The lowest BCUT2D eigenvalue weighted by atomic mass is 9.46. The summed E-state index contributed by atoms with van der Waals surface area (Å²) in [4.78, 5) is 25.3. The third-order valence-corrected chi connectivity index (χ3v) is 9.27. The van der Waals surface area contributed by atoms with E-state index in [-0.39, 0.29) is 18.8 Å². The Hall–Kier alpha value is -2.28. The van der Waals surface area contributed by atoms with Crippen LogP contribution in [0.4, 0.5) is 0 Å². The lowest BCUT2D eigenvalue weighted by molar-refractivity contribution is -0.315. The van der Waals surface area contributed by atoms with E-state index in [4.69, 9.17) is 18.6 Å². The molecule has 1 saturated carbocycles. The van der Waals surface area contributed by atoms with Crippen molar-refractivity contribution in [2.24, 2.45) is 22.7 Å². The van der Waals surface area contributed by atoms with Crippen LogP contribution in [0.25, 0.3) is 0 Å². The van der Waals surface area contributed by atoms with Crippen molar-refractivity contribution in [2.75, 3.05) is 6.61 Å². The van der Waals surface area contributed by atoms with Crippen LogP contribution in [0, 0.1) is 22.7 Å². The van der Waals surface area contributed by atoms with Crippen molar-refractivity contribution in [1.29, 1.82) is 0 Å². The number of carbonyl (C=O) groups excluding carboxylic acids is 1. The number of rotatable bonds is 7. The number of hydrogen-bond donors (Lipinski definition) is 5. The van der Waals surface area contributed by atoms with E-state index in [2.05, 4.69) is 0 Å². The van der Waals surface area contributed by atoms with E-state index in [0.717, 1.165) is 0 Å². The maximum atomic E-state index is 12.7. The Morgan fingerprint density at radius 1 is 1.22 bits per heavy atom. The van der Waals surface area contributed by atoms with Crippen LogP contribution in [0.5, 0.6) is 0 Å². The van der Waals surface area contributed by atoms with Gasteiger partial charge in [-0.1, -0.05) is 19.9 Å². The summed E-state index contributed by atoms with van der Waals surface area (Å²) in [6, 6.07) is 1.66.